The molecule has 3 rings (SSSR count). The van der Waals surface area contributed by atoms with Gasteiger partial charge < -0.3 is 15.4 Å². The van der Waals surface area contributed by atoms with Crippen LogP contribution in [-0.2, 0) is 0 Å². The first-order valence-corrected chi connectivity index (χ1v) is 6.38. The SMILES string of the molecule is O=C(Nc1ccc(-c2nnc[nH]2)cc1)c1c(O)[nH]c(=O)[nH]c1=O. The van der Waals surface area contributed by atoms with E-state index in [1.54, 1.807) is 24.3 Å². The molecule has 0 fully saturated rings. The summed E-state index contributed by atoms with van der Waals surface area (Å²) in [5.41, 5.74) is -1.32. The number of hydrogen-bond donors (Lipinski definition) is 5. The number of carbonyl (C=O) groups is 1. The third kappa shape index (κ3) is 2.85. The summed E-state index contributed by atoms with van der Waals surface area (Å²) in [5.74, 6) is -1.08. The highest BCUT2D eigenvalue weighted by molar-refractivity contribution is 6.05. The van der Waals surface area contributed by atoms with Gasteiger partial charge in [0.2, 0.25) is 5.88 Å². The molecular weight excluding hydrogens is 304 g/mol. The summed E-state index contributed by atoms with van der Waals surface area (Å²) in [6.45, 7) is 0. The predicted molar refractivity (Wildman–Crippen MR) is 79.1 cm³/mol. The largest absolute Gasteiger partial charge is 0.494 e. The van der Waals surface area contributed by atoms with E-state index in [4.69, 9.17) is 0 Å². The summed E-state index contributed by atoms with van der Waals surface area (Å²) in [6, 6.07) is 6.56. The summed E-state index contributed by atoms with van der Waals surface area (Å²) in [4.78, 5) is 41.2. The second kappa shape index (κ2) is 5.60. The van der Waals surface area contributed by atoms with E-state index in [1.165, 1.54) is 6.33 Å². The summed E-state index contributed by atoms with van der Waals surface area (Å²) >= 11 is 0. The zero-order valence-electron chi connectivity index (χ0n) is 11.5. The summed E-state index contributed by atoms with van der Waals surface area (Å²) in [6.07, 6.45) is 1.44. The fourth-order valence-corrected chi connectivity index (χ4v) is 1.94. The van der Waals surface area contributed by atoms with Crippen LogP contribution in [0.4, 0.5) is 5.69 Å². The third-order valence-electron chi connectivity index (χ3n) is 2.98. The van der Waals surface area contributed by atoms with Crippen molar-refractivity contribution in [3.63, 3.8) is 0 Å². The zero-order valence-corrected chi connectivity index (χ0v) is 11.5. The average molecular weight is 314 g/mol. The van der Waals surface area contributed by atoms with Gasteiger partial charge in [0.15, 0.2) is 11.4 Å². The van der Waals surface area contributed by atoms with E-state index in [-0.39, 0.29) is 0 Å². The van der Waals surface area contributed by atoms with Gasteiger partial charge in [0.1, 0.15) is 6.33 Å². The zero-order chi connectivity index (χ0) is 16.4. The molecule has 1 aromatic carbocycles. The Morgan fingerprint density at radius 1 is 1.13 bits per heavy atom. The number of anilines is 1. The number of amides is 1. The second-order valence-electron chi connectivity index (χ2n) is 4.50. The van der Waals surface area contributed by atoms with E-state index < -0.39 is 28.6 Å². The topological polar surface area (TPSA) is 157 Å². The van der Waals surface area contributed by atoms with E-state index in [9.17, 15) is 19.5 Å². The van der Waals surface area contributed by atoms with Crippen LogP contribution in [0.5, 0.6) is 5.88 Å². The van der Waals surface area contributed by atoms with Crippen LogP contribution in [0.1, 0.15) is 10.4 Å². The van der Waals surface area contributed by atoms with Gasteiger partial charge in [-0.05, 0) is 24.3 Å². The number of aromatic nitrogens is 5. The lowest BCUT2D eigenvalue weighted by Crippen LogP contribution is -2.30. The maximum Gasteiger partial charge on any atom is 0.328 e. The van der Waals surface area contributed by atoms with E-state index in [0.29, 0.717) is 11.5 Å². The van der Waals surface area contributed by atoms with Gasteiger partial charge in [0, 0.05) is 11.3 Å². The van der Waals surface area contributed by atoms with Crippen LogP contribution < -0.4 is 16.6 Å². The van der Waals surface area contributed by atoms with Gasteiger partial charge in [-0.25, -0.2) is 4.79 Å². The van der Waals surface area contributed by atoms with Crippen molar-refractivity contribution in [1.82, 2.24) is 25.1 Å². The molecular formula is C13H10N6O4. The fourth-order valence-electron chi connectivity index (χ4n) is 1.94. The molecule has 0 saturated heterocycles. The number of hydrogen-bond acceptors (Lipinski definition) is 6. The van der Waals surface area contributed by atoms with E-state index >= 15 is 0 Å². The van der Waals surface area contributed by atoms with E-state index in [2.05, 4.69) is 20.5 Å². The van der Waals surface area contributed by atoms with Crippen LogP contribution in [0, 0.1) is 0 Å². The van der Waals surface area contributed by atoms with Crippen molar-refractivity contribution in [2.75, 3.05) is 5.32 Å². The molecule has 2 heterocycles. The highest BCUT2D eigenvalue weighted by atomic mass is 16.3. The third-order valence-corrected chi connectivity index (χ3v) is 2.98. The van der Waals surface area contributed by atoms with Crippen LogP contribution >= 0.6 is 0 Å². The van der Waals surface area contributed by atoms with Crippen molar-refractivity contribution in [1.29, 1.82) is 0 Å². The van der Waals surface area contributed by atoms with Gasteiger partial charge in [0.25, 0.3) is 11.5 Å². The molecule has 0 atom stereocenters. The Balaban J connectivity index is 1.84. The molecule has 23 heavy (non-hydrogen) atoms. The van der Waals surface area contributed by atoms with Crippen LogP contribution in [0.2, 0.25) is 0 Å². The minimum Gasteiger partial charge on any atom is -0.494 e. The van der Waals surface area contributed by atoms with Gasteiger partial charge in [0.05, 0.1) is 0 Å². The van der Waals surface area contributed by atoms with Crippen LogP contribution in [0.25, 0.3) is 11.4 Å². The van der Waals surface area contributed by atoms with Crippen molar-refractivity contribution in [3.05, 3.63) is 57.0 Å². The maximum atomic E-state index is 12.0. The minimum atomic E-state index is -0.984. The molecule has 5 N–H and O–H groups in total. The number of carbonyl (C=O) groups excluding carboxylic acids is 1. The molecule has 116 valence electrons. The van der Waals surface area contributed by atoms with Crippen molar-refractivity contribution in [2.45, 2.75) is 0 Å². The molecule has 0 bridgehead atoms. The molecule has 0 unspecified atom stereocenters. The molecule has 0 saturated carbocycles. The van der Waals surface area contributed by atoms with Crippen LogP contribution in [0.15, 0.2) is 40.2 Å². The summed E-state index contributed by atoms with van der Waals surface area (Å²) in [7, 11) is 0. The standard InChI is InChI=1S/C13H10N6O4/c20-10(8-11(21)17-13(23)18-12(8)22)16-7-3-1-6(2-4-7)9-14-5-15-19-9/h1-5H,(H,16,20)(H,14,15,19)(H3,17,18,21,22,23). The van der Waals surface area contributed by atoms with Gasteiger partial charge in [-0.3, -0.25) is 19.6 Å². The maximum absolute atomic E-state index is 12.0. The molecule has 2 aromatic heterocycles. The Bertz CT molecular complexity index is 955. The molecule has 0 spiro atoms. The quantitative estimate of drug-likeness (QED) is 0.451. The lowest BCUT2D eigenvalue weighted by molar-refractivity contribution is 0.102. The van der Waals surface area contributed by atoms with Gasteiger partial charge in [-0.1, -0.05) is 0 Å². The number of H-pyrrole nitrogens is 3. The van der Waals surface area contributed by atoms with Crippen molar-refractivity contribution < 1.29 is 9.90 Å². The first kappa shape index (κ1) is 14.3. The fraction of sp³-hybridized carbons (Fsp3) is 0. The molecule has 10 nitrogen and oxygen atoms in total. The highest BCUT2D eigenvalue weighted by Crippen LogP contribution is 2.18. The number of nitrogens with one attached hydrogen (secondary N) is 4. The number of nitrogens with zero attached hydrogens (tertiary/aromatic N) is 2. The van der Waals surface area contributed by atoms with E-state index in [1.807, 2.05) is 9.97 Å². The first-order valence-electron chi connectivity index (χ1n) is 6.38. The molecule has 0 aliphatic carbocycles. The predicted octanol–water partition coefficient (Wildman–Crippen LogP) is -0.194. The van der Waals surface area contributed by atoms with Gasteiger partial charge in [-0.15, -0.1) is 10.2 Å². The van der Waals surface area contributed by atoms with Crippen LogP contribution in [0.3, 0.4) is 0 Å². The molecule has 3 aromatic rings. The number of benzene rings is 1. The Hall–Kier alpha value is -3.69. The molecule has 10 heteroatoms. The lowest BCUT2D eigenvalue weighted by atomic mass is 10.2. The van der Waals surface area contributed by atoms with Crippen molar-refractivity contribution in [2.24, 2.45) is 0 Å². The Labute approximate surface area is 127 Å². The Morgan fingerprint density at radius 2 is 1.87 bits per heavy atom. The summed E-state index contributed by atoms with van der Waals surface area (Å²) in [5, 5.41) is 19.5. The van der Waals surface area contributed by atoms with Crippen molar-refractivity contribution >= 4 is 11.6 Å². The smallest absolute Gasteiger partial charge is 0.328 e. The molecule has 0 aliphatic rings. The molecule has 1 amide bonds. The number of rotatable bonds is 3. The summed E-state index contributed by atoms with van der Waals surface area (Å²) < 4.78 is 0. The molecule has 0 aliphatic heterocycles. The first-order chi connectivity index (χ1) is 11.0. The molecule has 0 radical (unpaired) electrons. The lowest BCUT2D eigenvalue weighted by Gasteiger charge is -2.06. The average Bonchev–Trinajstić information content (AvgIpc) is 3.01. The monoisotopic (exact) mass is 314 g/mol. The Kier molecular flexibility index (Phi) is 3.47. The highest BCUT2D eigenvalue weighted by Gasteiger charge is 2.17. The normalized spacial score (nSPS) is 10.4. The Morgan fingerprint density at radius 3 is 2.48 bits per heavy atom. The van der Waals surface area contributed by atoms with Crippen molar-refractivity contribution in [3.8, 4) is 17.3 Å². The van der Waals surface area contributed by atoms with Crippen LogP contribution in [-0.4, -0.2) is 36.2 Å². The number of aromatic hydroxyl groups is 1. The minimum absolute atomic E-state index is 0.392. The second-order valence-corrected chi connectivity index (χ2v) is 4.50. The number of aromatic amines is 3. The van der Waals surface area contributed by atoms with E-state index in [0.717, 1.165) is 5.56 Å². The van der Waals surface area contributed by atoms with Gasteiger partial charge >= 0.3 is 5.69 Å². The van der Waals surface area contributed by atoms with Gasteiger partial charge in [-0.2, -0.15) is 0 Å².